The highest BCUT2D eigenvalue weighted by Crippen LogP contribution is 2.37. The molecule has 0 atom stereocenters. The first kappa shape index (κ1) is 34.3. The van der Waals surface area contributed by atoms with Crippen LogP contribution in [0.5, 0.6) is 0 Å². The minimum Gasteiger partial charge on any atom is -0.444 e. The van der Waals surface area contributed by atoms with Gasteiger partial charge in [0.1, 0.15) is 11.4 Å². The SMILES string of the molecule is CC(C)NC(=O)C1CCC(n2c(NC(=O)c3ccc(F)cc3)nc3ccc(CN4CCC(CNC(=O)OC(C)(C)C)CC4)cc32)CC1. The van der Waals surface area contributed by atoms with Crippen molar-refractivity contribution in [3.8, 4) is 0 Å². The van der Waals surface area contributed by atoms with Gasteiger partial charge in [0.2, 0.25) is 11.9 Å². The zero-order valence-corrected chi connectivity index (χ0v) is 28.3. The van der Waals surface area contributed by atoms with Crippen LogP contribution < -0.4 is 16.0 Å². The van der Waals surface area contributed by atoms with E-state index in [1.165, 1.54) is 24.3 Å². The van der Waals surface area contributed by atoms with Crippen LogP contribution in [0, 0.1) is 17.7 Å². The summed E-state index contributed by atoms with van der Waals surface area (Å²) in [5, 5.41) is 8.96. The highest BCUT2D eigenvalue weighted by atomic mass is 19.1. The molecule has 2 aliphatic rings. The van der Waals surface area contributed by atoms with Crippen LogP contribution in [-0.4, -0.2) is 63.6 Å². The fourth-order valence-electron chi connectivity index (χ4n) is 6.62. The number of carbonyl (C=O) groups excluding carboxylic acids is 3. The van der Waals surface area contributed by atoms with Crippen LogP contribution in [0.3, 0.4) is 0 Å². The molecule has 2 heterocycles. The van der Waals surface area contributed by atoms with Gasteiger partial charge in [-0.25, -0.2) is 14.2 Å². The highest BCUT2D eigenvalue weighted by molar-refractivity contribution is 6.04. The van der Waals surface area contributed by atoms with Crippen LogP contribution in [0.25, 0.3) is 11.0 Å². The van der Waals surface area contributed by atoms with Gasteiger partial charge in [-0.1, -0.05) is 6.07 Å². The van der Waals surface area contributed by atoms with Gasteiger partial charge in [-0.3, -0.25) is 19.8 Å². The van der Waals surface area contributed by atoms with E-state index in [1.807, 2.05) is 40.7 Å². The maximum atomic E-state index is 13.5. The number of imidazole rings is 1. The van der Waals surface area contributed by atoms with Gasteiger partial charge in [-0.05, 0) is 134 Å². The average Bonchev–Trinajstić information content (AvgIpc) is 3.37. The first-order chi connectivity index (χ1) is 22.3. The van der Waals surface area contributed by atoms with Crippen molar-refractivity contribution in [1.29, 1.82) is 0 Å². The maximum absolute atomic E-state index is 13.5. The quantitative estimate of drug-likeness (QED) is 0.247. The monoisotopic (exact) mass is 648 g/mol. The number of hydrogen-bond acceptors (Lipinski definition) is 6. The molecule has 254 valence electrons. The zero-order valence-electron chi connectivity index (χ0n) is 28.3. The molecule has 3 aromatic rings. The smallest absolute Gasteiger partial charge is 0.407 e. The highest BCUT2D eigenvalue weighted by Gasteiger charge is 2.30. The molecule has 1 saturated heterocycles. The molecule has 1 aliphatic heterocycles. The number of halogens is 1. The molecule has 0 radical (unpaired) electrons. The molecule has 5 rings (SSSR count). The van der Waals surface area contributed by atoms with Gasteiger partial charge < -0.3 is 19.9 Å². The lowest BCUT2D eigenvalue weighted by atomic mass is 9.85. The average molecular weight is 649 g/mol. The summed E-state index contributed by atoms with van der Waals surface area (Å²) in [6, 6.07) is 11.9. The third-order valence-electron chi connectivity index (χ3n) is 9.00. The van der Waals surface area contributed by atoms with Crippen LogP contribution >= 0.6 is 0 Å². The summed E-state index contributed by atoms with van der Waals surface area (Å²) in [7, 11) is 0. The number of ether oxygens (including phenoxy) is 1. The van der Waals surface area contributed by atoms with Crippen molar-refractivity contribution in [1.82, 2.24) is 25.1 Å². The van der Waals surface area contributed by atoms with Crippen LogP contribution in [0.1, 0.15) is 95.1 Å². The van der Waals surface area contributed by atoms with Crippen LogP contribution in [0.15, 0.2) is 42.5 Å². The number of hydrogen-bond donors (Lipinski definition) is 3. The van der Waals surface area contributed by atoms with Gasteiger partial charge in [-0.2, -0.15) is 0 Å². The predicted octanol–water partition coefficient (Wildman–Crippen LogP) is 6.42. The van der Waals surface area contributed by atoms with Gasteiger partial charge in [0.05, 0.1) is 11.0 Å². The van der Waals surface area contributed by atoms with E-state index < -0.39 is 11.4 Å². The summed E-state index contributed by atoms with van der Waals surface area (Å²) in [6.07, 6.45) is 4.70. The minimum atomic E-state index is -0.512. The number of amides is 3. The number of alkyl carbamates (subject to hydrolysis) is 1. The van der Waals surface area contributed by atoms with E-state index in [9.17, 15) is 18.8 Å². The first-order valence-corrected chi connectivity index (χ1v) is 16.9. The molecule has 2 fully saturated rings. The summed E-state index contributed by atoms with van der Waals surface area (Å²) < 4.78 is 21.0. The molecule has 11 heteroatoms. The standard InChI is InChI=1S/C36H49FN6O4/c1-23(2)39-32(44)27-9-13-29(14-10-27)43-31-20-25(22-42-18-16-24(17-19-42)21-38-35(46)47-36(3,4)5)6-15-30(31)40-34(43)41-33(45)26-7-11-28(37)12-8-26/h6-8,11-12,15,20,23-24,27,29H,9-10,13-14,16-19,21-22H2,1-5H3,(H,38,46)(H,39,44)(H,40,41,45). The van der Waals surface area contributed by atoms with Gasteiger partial charge >= 0.3 is 6.09 Å². The molecule has 0 unspecified atom stereocenters. The lowest BCUT2D eigenvalue weighted by Crippen LogP contribution is -2.40. The van der Waals surface area contributed by atoms with E-state index in [-0.39, 0.29) is 35.9 Å². The Morgan fingerprint density at radius 2 is 1.66 bits per heavy atom. The Balaban J connectivity index is 1.29. The molecule has 1 saturated carbocycles. The van der Waals surface area contributed by atoms with E-state index in [4.69, 9.17) is 9.72 Å². The molecule has 0 bridgehead atoms. The van der Waals surface area contributed by atoms with Crippen LogP contribution in [0.4, 0.5) is 15.1 Å². The maximum Gasteiger partial charge on any atom is 0.407 e. The third kappa shape index (κ3) is 9.31. The van der Waals surface area contributed by atoms with Crippen molar-refractivity contribution in [3.05, 3.63) is 59.4 Å². The number of fused-ring (bicyclic) bond motifs is 1. The fraction of sp³-hybridized carbons (Fsp3) is 0.556. The molecule has 1 aliphatic carbocycles. The zero-order chi connectivity index (χ0) is 33.7. The number of benzene rings is 2. The number of nitrogens with zero attached hydrogens (tertiary/aromatic N) is 3. The topological polar surface area (TPSA) is 118 Å². The summed E-state index contributed by atoms with van der Waals surface area (Å²) in [5.74, 6) is 0.189. The van der Waals surface area contributed by atoms with Crippen molar-refractivity contribution < 1.29 is 23.5 Å². The van der Waals surface area contributed by atoms with Gasteiger partial charge in [-0.15, -0.1) is 0 Å². The Labute approximate surface area is 276 Å². The molecule has 47 heavy (non-hydrogen) atoms. The number of anilines is 1. The van der Waals surface area contributed by atoms with Gasteiger partial charge in [0.25, 0.3) is 5.91 Å². The molecular formula is C36H49FN6O4. The largest absolute Gasteiger partial charge is 0.444 e. The molecule has 2 aromatic carbocycles. The number of carbonyl (C=O) groups is 3. The Kier molecular flexibility index (Phi) is 10.8. The van der Waals surface area contributed by atoms with Crippen molar-refractivity contribution in [3.63, 3.8) is 0 Å². The molecule has 3 N–H and O–H groups in total. The molecular weight excluding hydrogens is 599 g/mol. The second-order valence-corrected chi connectivity index (χ2v) is 14.4. The summed E-state index contributed by atoms with van der Waals surface area (Å²) in [4.78, 5) is 45.3. The van der Waals surface area contributed by atoms with E-state index in [0.717, 1.165) is 74.8 Å². The Morgan fingerprint density at radius 1 is 0.979 bits per heavy atom. The third-order valence-corrected chi connectivity index (χ3v) is 9.00. The number of aromatic nitrogens is 2. The summed E-state index contributed by atoms with van der Waals surface area (Å²) >= 11 is 0. The Morgan fingerprint density at radius 3 is 2.30 bits per heavy atom. The lowest BCUT2D eigenvalue weighted by Gasteiger charge is -2.32. The molecule has 10 nitrogen and oxygen atoms in total. The summed E-state index contributed by atoms with van der Waals surface area (Å²) in [5.41, 5.74) is 2.73. The van der Waals surface area contributed by atoms with Gasteiger partial charge in [0.15, 0.2) is 0 Å². The van der Waals surface area contributed by atoms with Crippen molar-refractivity contribution >= 4 is 34.9 Å². The number of rotatable bonds is 9. The second kappa shape index (κ2) is 14.8. The number of likely N-dealkylation sites (tertiary alicyclic amines) is 1. The van der Waals surface area contributed by atoms with Crippen molar-refractivity contribution in [2.75, 3.05) is 25.0 Å². The van der Waals surface area contributed by atoms with Gasteiger partial charge in [0, 0.05) is 36.7 Å². The Hall–Kier alpha value is -3.99. The lowest BCUT2D eigenvalue weighted by molar-refractivity contribution is -0.126. The van der Waals surface area contributed by atoms with Crippen molar-refractivity contribution in [2.45, 2.75) is 97.4 Å². The molecule has 0 spiro atoms. The van der Waals surface area contributed by atoms with Crippen LogP contribution in [0.2, 0.25) is 0 Å². The minimum absolute atomic E-state index is 0.0292. The van der Waals surface area contributed by atoms with E-state index in [0.29, 0.717) is 24.0 Å². The van der Waals surface area contributed by atoms with Crippen LogP contribution in [-0.2, 0) is 16.1 Å². The molecule has 1 aromatic heterocycles. The van der Waals surface area contributed by atoms with Crippen molar-refractivity contribution in [2.24, 2.45) is 11.8 Å². The van der Waals surface area contributed by atoms with E-state index in [1.54, 1.807) is 0 Å². The second-order valence-electron chi connectivity index (χ2n) is 14.4. The molecule has 3 amide bonds. The Bertz CT molecular complexity index is 1550. The van der Waals surface area contributed by atoms with E-state index in [2.05, 4.69) is 37.6 Å². The predicted molar refractivity (Wildman–Crippen MR) is 181 cm³/mol. The number of nitrogens with one attached hydrogen (secondary N) is 3. The number of piperidine rings is 1. The summed E-state index contributed by atoms with van der Waals surface area (Å²) in [6.45, 7) is 12.8. The first-order valence-electron chi connectivity index (χ1n) is 16.9. The normalized spacial score (nSPS) is 19.5. The fourth-order valence-corrected chi connectivity index (χ4v) is 6.62. The van der Waals surface area contributed by atoms with E-state index >= 15 is 0 Å².